The number of nitrogens with zero attached hydrogens (tertiary/aromatic N) is 3. The quantitative estimate of drug-likeness (QED) is 0.575. The van der Waals surface area contributed by atoms with E-state index in [9.17, 15) is 14.0 Å². The normalized spacial score (nSPS) is 14.4. The molecule has 6 heteroatoms. The first-order valence-corrected chi connectivity index (χ1v) is 10.4. The van der Waals surface area contributed by atoms with Crippen molar-refractivity contribution in [3.63, 3.8) is 0 Å². The van der Waals surface area contributed by atoms with Gasteiger partial charge in [0.25, 0.3) is 5.91 Å². The Labute approximate surface area is 181 Å². The van der Waals surface area contributed by atoms with Crippen molar-refractivity contribution in [3.8, 4) is 0 Å². The number of aromatic nitrogens is 1. The maximum Gasteiger partial charge on any atom is 0.255 e. The zero-order chi connectivity index (χ0) is 21.6. The maximum atomic E-state index is 13.1. The highest BCUT2D eigenvalue weighted by Crippen LogP contribution is 2.13. The number of amides is 1. The Balaban J connectivity index is 1.30. The van der Waals surface area contributed by atoms with E-state index >= 15 is 0 Å². The zero-order valence-corrected chi connectivity index (χ0v) is 17.2. The number of Topliss-reactive ketones (excluding diaryl/α,β-unsaturated/α-hetero) is 1. The fraction of sp³-hybridized carbons (Fsp3) is 0.240. The summed E-state index contributed by atoms with van der Waals surface area (Å²) in [6.45, 7) is 3.49. The third-order valence-electron chi connectivity index (χ3n) is 5.48. The molecule has 1 aliphatic heterocycles. The Kier molecular flexibility index (Phi) is 6.48. The lowest BCUT2D eigenvalue weighted by Crippen LogP contribution is -2.48. The van der Waals surface area contributed by atoms with Gasteiger partial charge in [0.15, 0.2) is 5.78 Å². The Hall–Kier alpha value is -3.38. The molecule has 0 radical (unpaired) electrons. The Morgan fingerprint density at radius 2 is 1.55 bits per heavy atom. The topological polar surface area (TPSA) is 53.5 Å². The van der Waals surface area contributed by atoms with Crippen molar-refractivity contribution < 1.29 is 14.0 Å². The summed E-state index contributed by atoms with van der Waals surface area (Å²) in [5.41, 5.74) is 2.85. The highest BCUT2D eigenvalue weighted by molar-refractivity contribution is 5.98. The second-order valence-corrected chi connectivity index (χ2v) is 7.71. The van der Waals surface area contributed by atoms with Gasteiger partial charge >= 0.3 is 0 Å². The number of carbonyl (C=O) groups is 2. The van der Waals surface area contributed by atoms with E-state index < -0.39 is 0 Å². The van der Waals surface area contributed by atoms with Crippen molar-refractivity contribution in [2.75, 3.05) is 26.2 Å². The van der Waals surface area contributed by atoms with Crippen molar-refractivity contribution in [1.82, 2.24) is 14.8 Å². The van der Waals surface area contributed by atoms with Crippen molar-refractivity contribution in [3.05, 3.63) is 101 Å². The first kappa shape index (κ1) is 20.9. The molecule has 0 atom stereocenters. The molecule has 1 amide bonds. The summed E-state index contributed by atoms with van der Waals surface area (Å²) in [5.74, 6) is -0.379. The number of piperazine rings is 1. The molecule has 1 aromatic heterocycles. The van der Waals surface area contributed by atoms with Crippen molar-refractivity contribution in [1.29, 1.82) is 0 Å². The van der Waals surface area contributed by atoms with Gasteiger partial charge in [0.05, 0.1) is 5.56 Å². The zero-order valence-electron chi connectivity index (χ0n) is 17.2. The first-order chi connectivity index (χ1) is 15.1. The van der Waals surface area contributed by atoms with Crippen molar-refractivity contribution in [2.45, 2.75) is 13.0 Å². The van der Waals surface area contributed by atoms with Crippen LogP contribution in [0.15, 0.2) is 72.9 Å². The Morgan fingerprint density at radius 3 is 2.19 bits per heavy atom. The van der Waals surface area contributed by atoms with Gasteiger partial charge in [0.1, 0.15) is 11.5 Å². The molecule has 3 aromatic rings. The summed E-state index contributed by atoms with van der Waals surface area (Å²) in [4.78, 5) is 33.5. The van der Waals surface area contributed by atoms with Crippen LogP contribution in [0.1, 0.15) is 32.0 Å². The smallest absolute Gasteiger partial charge is 0.255 e. The number of pyridine rings is 1. The first-order valence-electron chi connectivity index (χ1n) is 10.4. The molecule has 1 saturated heterocycles. The predicted molar refractivity (Wildman–Crippen MR) is 116 cm³/mol. The maximum absolute atomic E-state index is 13.1. The van der Waals surface area contributed by atoms with Crippen LogP contribution in [0.25, 0.3) is 0 Å². The highest BCUT2D eigenvalue weighted by atomic mass is 19.1. The molecule has 4 rings (SSSR count). The molecule has 0 aliphatic carbocycles. The lowest BCUT2D eigenvalue weighted by Gasteiger charge is -2.34. The standard InChI is InChI=1S/C25H24FN3O2/c26-22-9-6-20(7-10-22)18-28-12-14-29(15-13-28)25(31)21-8-11-23(27-17-21)24(30)16-19-4-2-1-3-5-19/h1-11,17H,12-16,18H2. The molecule has 2 aromatic carbocycles. The number of carbonyl (C=O) groups excluding carboxylic acids is 2. The van der Waals surface area contributed by atoms with Gasteiger partial charge in [0.2, 0.25) is 0 Å². The molecule has 0 bridgehead atoms. The van der Waals surface area contributed by atoms with Gasteiger partial charge in [-0.2, -0.15) is 0 Å². The minimum atomic E-state index is -0.236. The molecule has 158 valence electrons. The van der Waals surface area contributed by atoms with E-state index in [1.165, 1.54) is 18.3 Å². The van der Waals surface area contributed by atoms with E-state index in [1.54, 1.807) is 24.3 Å². The van der Waals surface area contributed by atoms with Crippen LogP contribution in [0.3, 0.4) is 0 Å². The summed E-state index contributed by atoms with van der Waals surface area (Å²) in [7, 11) is 0. The fourth-order valence-corrected chi connectivity index (χ4v) is 3.70. The van der Waals surface area contributed by atoms with Crippen molar-refractivity contribution in [2.24, 2.45) is 0 Å². The van der Waals surface area contributed by atoms with Crippen LogP contribution in [0, 0.1) is 5.82 Å². The Bertz CT molecular complexity index is 1030. The van der Waals surface area contributed by atoms with Crippen LogP contribution in [-0.2, 0) is 13.0 Å². The molecule has 2 heterocycles. The molecule has 0 saturated carbocycles. The molecule has 5 nitrogen and oxygen atoms in total. The molecule has 1 fully saturated rings. The molecule has 31 heavy (non-hydrogen) atoms. The van der Waals surface area contributed by atoms with E-state index in [-0.39, 0.29) is 23.9 Å². The third-order valence-corrected chi connectivity index (χ3v) is 5.48. The summed E-state index contributed by atoms with van der Waals surface area (Å²) in [6.07, 6.45) is 1.78. The van der Waals surface area contributed by atoms with E-state index in [2.05, 4.69) is 9.88 Å². The van der Waals surface area contributed by atoms with Gasteiger partial charge in [0, 0.05) is 45.3 Å². The van der Waals surface area contributed by atoms with Gasteiger partial charge in [-0.25, -0.2) is 4.39 Å². The van der Waals surface area contributed by atoms with E-state index in [4.69, 9.17) is 0 Å². The van der Waals surface area contributed by atoms with E-state index in [0.717, 1.165) is 30.8 Å². The number of rotatable bonds is 6. The van der Waals surface area contributed by atoms with Crippen LogP contribution >= 0.6 is 0 Å². The lowest BCUT2D eigenvalue weighted by molar-refractivity contribution is 0.0627. The SMILES string of the molecule is O=C(Cc1ccccc1)c1ccc(C(=O)N2CCN(Cc3ccc(F)cc3)CC2)cn1. The number of hydrogen-bond donors (Lipinski definition) is 0. The summed E-state index contributed by atoms with van der Waals surface area (Å²) < 4.78 is 13.1. The lowest BCUT2D eigenvalue weighted by atomic mass is 10.1. The van der Waals surface area contributed by atoms with Gasteiger partial charge in [-0.05, 0) is 35.4 Å². The molecular formula is C25H24FN3O2. The summed E-state index contributed by atoms with van der Waals surface area (Å²) in [6, 6.07) is 19.4. The minimum absolute atomic E-state index is 0.0698. The van der Waals surface area contributed by atoms with Gasteiger partial charge in [-0.1, -0.05) is 42.5 Å². The molecular weight excluding hydrogens is 393 g/mol. The second kappa shape index (κ2) is 9.62. The highest BCUT2D eigenvalue weighted by Gasteiger charge is 2.22. The van der Waals surface area contributed by atoms with Crippen LogP contribution in [0.2, 0.25) is 0 Å². The van der Waals surface area contributed by atoms with Gasteiger partial charge in [-0.3, -0.25) is 19.5 Å². The monoisotopic (exact) mass is 417 g/mol. The molecule has 0 spiro atoms. The second-order valence-electron chi connectivity index (χ2n) is 7.71. The predicted octanol–water partition coefficient (Wildman–Crippen LogP) is 3.60. The van der Waals surface area contributed by atoms with Crippen molar-refractivity contribution >= 4 is 11.7 Å². The minimum Gasteiger partial charge on any atom is -0.336 e. The molecule has 0 N–H and O–H groups in total. The van der Waals surface area contributed by atoms with E-state index in [1.807, 2.05) is 35.2 Å². The van der Waals surface area contributed by atoms with Crippen LogP contribution in [-0.4, -0.2) is 52.7 Å². The summed E-state index contributed by atoms with van der Waals surface area (Å²) >= 11 is 0. The number of benzene rings is 2. The van der Waals surface area contributed by atoms with Gasteiger partial charge in [-0.15, -0.1) is 0 Å². The largest absolute Gasteiger partial charge is 0.336 e. The molecule has 1 aliphatic rings. The molecule has 0 unspecified atom stereocenters. The van der Waals surface area contributed by atoms with E-state index in [0.29, 0.717) is 24.3 Å². The number of halogens is 1. The number of hydrogen-bond acceptors (Lipinski definition) is 4. The Morgan fingerprint density at radius 1 is 0.839 bits per heavy atom. The van der Waals surface area contributed by atoms with Crippen LogP contribution in [0.5, 0.6) is 0 Å². The summed E-state index contributed by atoms with van der Waals surface area (Å²) in [5, 5.41) is 0. The average molecular weight is 417 g/mol. The fourth-order valence-electron chi connectivity index (χ4n) is 3.70. The average Bonchev–Trinajstić information content (AvgIpc) is 2.81. The van der Waals surface area contributed by atoms with Crippen LogP contribution in [0.4, 0.5) is 4.39 Å². The van der Waals surface area contributed by atoms with Crippen LogP contribution < -0.4 is 0 Å². The number of ketones is 1. The van der Waals surface area contributed by atoms with Gasteiger partial charge < -0.3 is 4.90 Å². The third kappa shape index (κ3) is 5.41.